The van der Waals surface area contributed by atoms with Crippen molar-refractivity contribution in [2.45, 2.75) is 45.6 Å². The quantitative estimate of drug-likeness (QED) is 0.754. The molecule has 0 spiro atoms. The van der Waals surface area contributed by atoms with E-state index in [0.29, 0.717) is 30.7 Å². The van der Waals surface area contributed by atoms with Gasteiger partial charge in [0, 0.05) is 19.1 Å². The maximum absolute atomic E-state index is 12.0. The lowest BCUT2D eigenvalue weighted by Gasteiger charge is -2.35. The molecule has 0 radical (unpaired) electrons. The standard InChI is InChI=1S/C19H30N2O3/c1-3-16-9-7-8-13-21(16)14-12-20-19(22)15-24-18-11-6-5-10-17(18)23-4-2/h5-6,10-11,16H,3-4,7-9,12-15H2,1-2H3,(H,20,22). The van der Waals surface area contributed by atoms with E-state index in [4.69, 9.17) is 9.47 Å². The van der Waals surface area contributed by atoms with Crippen LogP contribution in [0.5, 0.6) is 11.5 Å². The zero-order valence-electron chi connectivity index (χ0n) is 14.9. The van der Waals surface area contributed by atoms with Crippen molar-refractivity contribution in [3.05, 3.63) is 24.3 Å². The van der Waals surface area contributed by atoms with E-state index in [1.807, 2.05) is 31.2 Å². The van der Waals surface area contributed by atoms with Crippen molar-refractivity contribution in [2.24, 2.45) is 0 Å². The summed E-state index contributed by atoms with van der Waals surface area (Å²) in [6.07, 6.45) is 5.06. The van der Waals surface area contributed by atoms with Crippen molar-refractivity contribution in [2.75, 3.05) is 32.8 Å². The molecule has 0 saturated carbocycles. The first kappa shape index (κ1) is 18.6. The van der Waals surface area contributed by atoms with Gasteiger partial charge in [0.2, 0.25) is 0 Å². The Morgan fingerprint density at radius 1 is 1.21 bits per heavy atom. The van der Waals surface area contributed by atoms with Crippen molar-refractivity contribution in [1.29, 1.82) is 0 Å². The number of hydrogen-bond donors (Lipinski definition) is 1. The van der Waals surface area contributed by atoms with Gasteiger partial charge in [0.1, 0.15) is 0 Å². The van der Waals surface area contributed by atoms with Crippen molar-refractivity contribution < 1.29 is 14.3 Å². The van der Waals surface area contributed by atoms with Crippen LogP contribution in [0.1, 0.15) is 39.5 Å². The van der Waals surface area contributed by atoms with Crippen LogP contribution in [0.3, 0.4) is 0 Å². The van der Waals surface area contributed by atoms with E-state index in [0.717, 1.165) is 13.1 Å². The zero-order valence-corrected chi connectivity index (χ0v) is 14.9. The molecular formula is C19H30N2O3. The number of nitrogens with zero attached hydrogens (tertiary/aromatic N) is 1. The molecule has 0 aliphatic carbocycles. The van der Waals surface area contributed by atoms with Crippen LogP contribution >= 0.6 is 0 Å². The third-order valence-electron chi connectivity index (χ3n) is 4.45. The number of hydrogen-bond acceptors (Lipinski definition) is 4. The average molecular weight is 334 g/mol. The maximum atomic E-state index is 12.0. The molecule has 0 bridgehead atoms. The Hall–Kier alpha value is -1.75. The fraction of sp³-hybridized carbons (Fsp3) is 0.632. The van der Waals surface area contributed by atoms with Crippen LogP contribution in [0.4, 0.5) is 0 Å². The topological polar surface area (TPSA) is 50.8 Å². The van der Waals surface area contributed by atoms with E-state index in [9.17, 15) is 4.79 Å². The second-order valence-corrected chi connectivity index (χ2v) is 6.11. The molecule has 1 unspecified atom stereocenters. The molecule has 1 fully saturated rings. The summed E-state index contributed by atoms with van der Waals surface area (Å²) >= 11 is 0. The monoisotopic (exact) mass is 334 g/mol. The highest BCUT2D eigenvalue weighted by molar-refractivity contribution is 5.77. The van der Waals surface area contributed by atoms with Gasteiger partial charge in [-0.25, -0.2) is 0 Å². The van der Waals surface area contributed by atoms with Gasteiger partial charge in [0.25, 0.3) is 5.91 Å². The summed E-state index contributed by atoms with van der Waals surface area (Å²) in [7, 11) is 0. The number of amides is 1. The highest BCUT2D eigenvalue weighted by Gasteiger charge is 2.20. The summed E-state index contributed by atoms with van der Waals surface area (Å²) in [5.41, 5.74) is 0. The number of carbonyl (C=O) groups excluding carboxylic acids is 1. The van der Waals surface area contributed by atoms with E-state index in [2.05, 4.69) is 17.1 Å². The molecule has 134 valence electrons. The Morgan fingerprint density at radius 2 is 1.96 bits per heavy atom. The molecule has 1 heterocycles. The third kappa shape index (κ3) is 5.71. The molecular weight excluding hydrogens is 304 g/mol. The SMILES string of the molecule is CCOc1ccccc1OCC(=O)NCCN1CCCCC1CC. The highest BCUT2D eigenvalue weighted by Crippen LogP contribution is 2.26. The Balaban J connectivity index is 1.70. The number of rotatable bonds is 9. The minimum absolute atomic E-state index is 0.0152. The van der Waals surface area contributed by atoms with Gasteiger partial charge in [0.05, 0.1) is 6.61 Å². The molecule has 5 heteroatoms. The number of nitrogens with one attached hydrogen (secondary N) is 1. The van der Waals surface area contributed by atoms with Gasteiger partial charge in [-0.15, -0.1) is 0 Å². The molecule has 1 saturated heterocycles. The smallest absolute Gasteiger partial charge is 0.257 e. The predicted molar refractivity (Wildman–Crippen MR) is 95.6 cm³/mol. The number of benzene rings is 1. The summed E-state index contributed by atoms with van der Waals surface area (Å²) in [5, 5.41) is 2.95. The Morgan fingerprint density at radius 3 is 2.67 bits per heavy atom. The molecule has 1 atom stereocenters. The van der Waals surface area contributed by atoms with Crippen molar-refractivity contribution in [3.8, 4) is 11.5 Å². The van der Waals surface area contributed by atoms with Crippen LogP contribution in [-0.2, 0) is 4.79 Å². The molecule has 24 heavy (non-hydrogen) atoms. The van der Waals surface area contributed by atoms with E-state index < -0.39 is 0 Å². The largest absolute Gasteiger partial charge is 0.490 e. The zero-order chi connectivity index (χ0) is 17.2. The van der Waals surface area contributed by atoms with Gasteiger partial charge in [0.15, 0.2) is 18.1 Å². The average Bonchev–Trinajstić information content (AvgIpc) is 2.61. The van der Waals surface area contributed by atoms with Crippen LogP contribution < -0.4 is 14.8 Å². The lowest BCUT2D eigenvalue weighted by atomic mass is 10.0. The molecule has 1 N–H and O–H groups in total. The van der Waals surface area contributed by atoms with Gasteiger partial charge >= 0.3 is 0 Å². The van der Waals surface area contributed by atoms with Crippen molar-refractivity contribution in [1.82, 2.24) is 10.2 Å². The normalized spacial score (nSPS) is 18.2. The number of piperidine rings is 1. The minimum atomic E-state index is -0.0913. The van der Waals surface area contributed by atoms with Crippen LogP contribution in [0.25, 0.3) is 0 Å². The third-order valence-corrected chi connectivity index (χ3v) is 4.45. The van der Waals surface area contributed by atoms with E-state index >= 15 is 0 Å². The van der Waals surface area contributed by atoms with E-state index in [1.54, 1.807) is 0 Å². The highest BCUT2D eigenvalue weighted by atomic mass is 16.5. The second kappa shape index (κ2) is 10.2. The summed E-state index contributed by atoms with van der Waals surface area (Å²) in [5.74, 6) is 1.19. The summed E-state index contributed by atoms with van der Waals surface area (Å²) in [4.78, 5) is 14.5. The Kier molecular flexibility index (Phi) is 7.89. The fourth-order valence-electron chi connectivity index (χ4n) is 3.19. The van der Waals surface area contributed by atoms with Gasteiger partial charge in [-0.3, -0.25) is 9.69 Å². The van der Waals surface area contributed by atoms with Gasteiger partial charge in [-0.2, -0.15) is 0 Å². The lowest BCUT2D eigenvalue weighted by Crippen LogP contribution is -2.44. The first-order chi connectivity index (χ1) is 11.7. The number of para-hydroxylation sites is 2. The van der Waals surface area contributed by atoms with Crippen molar-refractivity contribution in [3.63, 3.8) is 0 Å². The van der Waals surface area contributed by atoms with Gasteiger partial charge in [-0.1, -0.05) is 25.5 Å². The lowest BCUT2D eigenvalue weighted by molar-refractivity contribution is -0.123. The maximum Gasteiger partial charge on any atom is 0.257 e. The van der Waals surface area contributed by atoms with Gasteiger partial charge in [-0.05, 0) is 44.9 Å². The first-order valence-corrected chi connectivity index (χ1v) is 9.10. The summed E-state index contributed by atoms with van der Waals surface area (Å²) < 4.78 is 11.1. The first-order valence-electron chi connectivity index (χ1n) is 9.10. The molecule has 1 aliphatic rings. The van der Waals surface area contributed by atoms with Gasteiger partial charge < -0.3 is 14.8 Å². The second-order valence-electron chi connectivity index (χ2n) is 6.11. The van der Waals surface area contributed by atoms with Crippen LogP contribution in [0, 0.1) is 0 Å². The molecule has 1 aromatic carbocycles. The van der Waals surface area contributed by atoms with Crippen LogP contribution in [0.15, 0.2) is 24.3 Å². The van der Waals surface area contributed by atoms with Crippen molar-refractivity contribution >= 4 is 5.91 Å². The van der Waals surface area contributed by atoms with Crippen LogP contribution in [0.2, 0.25) is 0 Å². The molecule has 5 nitrogen and oxygen atoms in total. The molecule has 2 rings (SSSR count). The van der Waals surface area contributed by atoms with E-state index in [-0.39, 0.29) is 12.5 Å². The molecule has 1 amide bonds. The Labute approximate surface area is 145 Å². The van der Waals surface area contributed by atoms with Crippen LogP contribution in [-0.4, -0.2) is 49.7 Å². The predicted octanol–water partition coefficient (Wildman–Crippen LogP) is 2.84. The number of ether oxygens (including phenoxy) is 2. The minimum Gasteiger partial charge on any atom is -0.490 e. The fourth-order valence-corrected chi connectivity index (χ4v) is 3.19. The molecule has 1 aromatic rings. The van der Waals surface area contributed by atoms with E-state index in [1.165, 1.54) is 25.7 Å². The number of likely N-dealkylation sites (tertiary alicyclic amines) is 1. The summed E-state index contributed by atoms with van der Waals surface area (Å²) in [6, 6.07) is 8.10. The molecule has 0 aromatic heterocycles. The Bertz CT molecular complexity index is 507. The molecule has 1 aliphatic heterocycles. The number of carbonyl (C=O) groups is 1. The summed E-state index contributed by atoms with van der Waals surface area (Å²) in [6.45, 7) is 7.49.